The van der Waals surface area contributed by atoms with Crippen LogP contribution >= 0.6 is 0 Å². The van der Waals surface area contributed by atoms with Crippen LogP contribution in [0.1, 0.15) is 105 Å². The normalized spacial score (nSPS) is 22.9. The van der Waals surface area contributed by atoms with Crippen LogP contribution in [0.2, 0.25) is 0 Å². The summed E-state index contributed by atoms with van der Waals surface area (Å²) >= 11 is 0. The fourth-order valence-electron chi connectivity index (χ4n) is 6.23. The molecule has 0 aromatic carbocycles. The van der Waals surface area contributed by atoms with Crippen molar-refractivity contribution in [3.05, 3.63) is 0 Å². The van der Waals surface area contributed by atoms with Crippen molar-refractivity contribution < 1.29 is 28.2 Å². The lowest BCUT2D eigenvalue weighted by molar-refractivity contribution is -0.143. The lowest BCUT2D eigenvalue weighted by Crippen LogP contribution is -2.63. The first-order valence-corrected chi connectivity index (χ1v) is 16.9. The second-order valence-electron chi connectivity index (χ2n) is 13.8. The first-order chi connectivity index (χ1) is 19.6. The first-order valence-electron chi connectivity index (χ1n) is 15.5. The van der Waals surface area contributed by atoms with Gasteiger partial charge in [-0.2, -0.15) is 0 Å². The van der Waals surface area contributed by atoms with E-state index < -0.39 is 63.5 Å². The number of Topliss-reactive ketones (excluding diaryl/α,β-unsaturated/α-hetero) is 1. The van der Waals surface area contributed by atoms with Gasteiger partial charge in [0.25, 0.3) is 5.91 Å². The Balaban J connectivity index is 1.73. The van der Waals surface area contributed by atoms with E-state index in [9.17, 15) is 28.2 Å². The quantitative estimate of drug-likeness (QED) is 0.248. The third-order valence-corrected chi connectivity index (χ3v) is 10.9. The van der Waals surface area contributed by atoms with E-state index in [4.69, 9.17) is 5.73 Å². The Kier molecular flexibility index (Phi) is 11.6. The topological polar surface area (TPSA) is 168 Å². The predicted molar refractivity (Wildman–Crippen MR) is 162 cm³/mol. The Bertz CT molecular complexity index is 1050. The summed E-state index contributed by atoms with van der Waals surface area (Å²) in [7, 11) is -1.10. The minimum absolute atomic E-state index is 0.0256. The van der Waals surface area contributed by atoms with Gasteiger partial charge in [-0.05, 0) is 43.4 Å². The Morgan fingerprint density at radius 3 is 2.12 bits per heavy atom. The summed E-state index contributed by atoms with van der Waals surface area (Å²) in [6.07, 6.45) is 8.65. The summed E-state index contributed by atoms with van der Waals surface area (Å²) < 4.78 is 12.8. The molecular formula is C30H51N5O6S. The van der Waals surface area contributed by atoms with Crippen LogP contribution in [0.3, 0.4) is 0 Å². The number of carbonyl (C=O) groups is 5. The average Bonchev–Trinajstić information content (AvgIpc) is 3.37. The number of carbonyl (C=O) groups excluding carboxylic acids is 5. The Hall–Kier alpha value is -2.50. The highest BCUT2D eigenvalue weighted by Gasteiger charge is 2.44. The van der Waals surface area contributed by atoms with Crippen molar-refractivity contribution in [2.45, 2.75) is 134 Å². The summed E-state index contributed by atoms with van der Waals surface area (Å²) in [5.41, 5.74) is 3.99. The third kappa shape index (κ3) is 8.76. The molecule has 5 amide bonds. The highest BCUT2D eigenvalue weighted by molar-refractivity contribution is 7.85. The van der Waals surface area contributed by atoms with Gasteiger partial charge in [0.2, 0.25) is 17.6 Å². The summed E-state index contributed by atoms with van der Waals surface area (Å²) in [6.45, 7) is 9.70. The molecule has 1 saturated heterocycles. The zero-order valence-corrected chi connectivity index (χ0v) is 26.8. The molecule has 3 unspecified atom stereocenters. The molecule has 11 nitrogen and oxygen atoms in total. The number of hydrogen-bond donors (Lipinski definition) is 4. The van der Waals surface area contributed by atoms with Crippen molar-refractivity contribution in [3.8, 4) is 0 Å². The van der Waals surface area contributed by atoms with Crippen molar-refractivity contribution in [2.24, 2.45) is 17.1 Å². The second-order valence-corrected chi connectivity index (χ2v) is 15.8. The van der Waals surface area contributed by atoms with Gasteiger partial charge in [0.1, 0.15) is 12.1 Å². The van der Waals surface area contributed by atoms with E-state index in [0.29, 0.717) is 31.6 Å². The van der Waals surface area contributed by atoms with Crippen molar-refractivity contribution in [2.75, 3.05) is 12.3 Å². The second kappa shape index (κ2) is 14.3. The molecule has 0 aromatic rings. The molecule has 3 fully saturated rings. The minimum atomic E-state index is -1.10. The van der Waals surface area contributed by atoms with Gasteiger partial charge < -0.3 is 26.6 Å². The van der Waals surface area contributed by atoms with Crippen LogP contribution in [-0.4, -0.2) is 79.9 Å². The smallest absolute Gasteiger partial charge is 0.315 e. The number of ketones is 1. The Morgan fingerprint density at radius 1 is 0.952 bits per heavy atom. The van der Waals surface area contributed by atoms with E-state index >= 15 is 0 Å². The van der Waals surface area contributed by atoms with Crippen molar-refractivity contribution in [1.82, 2.24) is 20.9 Å². The molecule has 238 valence electrons. The zero-order valence-electron chi connectivity index (χ0n) is 26.0. The van der Waals surface area contributed by atoms with Gasteiger partial charge in [0, 0.05) is 28.3 Å². The molecular weight excluding hydrogens is 558 g/mol. The third-order valence-electron chi connectivity index (χ3n) is 9.03. The van der Waals surface area contributed by atoms with E-state index in [1.165, 1.54) is 4.90 Å². The predicted octanol–water partition coefficient (Wildman–Crippen LogP) is 2.28. The van der Waals surface area contributed by atoms with E-state index in [2.05, 4.69) is 16.0 Å². The van der Waals surface area contributed by atoms with Crippen LogP contribution in [0, 0.1) is 11.3 Å². The number of amides is 5. The average molecular weight is 610 g/mol. The monoisotopic (exact) mass is 609 g/mol. The van der Waals surface area contributed by atoms with Gasteiger partial charge in [-0.25, -0.2) is 4.79 Å². The molecule has 5 N–H and O–H groups in total. The van der Waals surface area contributed by atoms with Gasteiger partial charge in [-0.3, -0.25) is 23.4 Å². The van der Waals surface area contributed by atoms with Crippen molar-refractivity contribution in [3.63, 3.8) is 0 Å². The number of urea groups is 1. The maximum atomic E-state index is 14.0. The van der Waals surface area contributed by atoms with E-state index in [-0.39, 0.29) is 17.1 Å². The molecule has 42 heavy (non-hydrogen) atoms. The molecule has 12 heteroatoms. The molecule has 2 saturated carbocycles. The van der Waals surface area contributed by atoms with E-state index in [1.807, 2.05) is 34.6 Å². The van der Waals surface area contributed by atoms with Gasteiger partial charge in [-0.1, -0.05) is 73.1 Å². The molecule has 3 aliphatic rings. The fraction of sp³-hybridized carbons (Fsp3) is 0.833. The molecule has 2 aliphatic carbocycles. The summed E-state index contributed by atoms with van der Waals surface area (Å²) in [4.78, 5) is 66.4. The molecule has 1 heterocycles. The lowest BCUT2D eigenvalue weighted by atomic mass is 9.80. The number of rotatable bonds is 12. The lowest BCUT2D eigenvalue weighted by Gasteiger charge is -2.40. The SMILES string of the molecule is CC(C)S(=O)CC1(NC(=O)NC(C(=O)N2CCC[C@H]2C(=O)NC(CC2CCC2)C(=O)C(N)=O)C(C)(C)C)CCCCC1. The van der Waals surface area contributed by atoms with Gasteiger partial charge in [-0.15, -0.1) is 0 Å². The highest BCUT2D eigenvalue weighted by atomic mass is 32.2. The molecule has 1 aliphatic heterocycles. The van der Waals surface area contributed by atoms with Crippen LogP contribution < -0.4 is 21.7 Å². The molecule has 4 atom stereocenters. The molecule has 0 aromatic heterocycles. The molecule has 0 radical (unpaired) electrons. The van der Waals surface area contributed by atoms with Gasteiger partial charge in [0.15, 0.2) is 0 Å². The number of nitrogens with one attached hydrogen (secondary N) is 3. The van der Waals surface area contributed by atoms with E-state index in [1.54, 1.807) is 0 Å². The summed E-state index contributed by atoms with van der Waals surface area (Å²) in [5.74, 6) is -2.17. The van der Waals surface area contributed by atoms with Crippen LogP contribution in [0.25, 0.3) is 0 Å². The molecule has 0 spiro atoms. The maximum absolute atomic E-state index is 14.0. The van der Waals surface area contributed by atoms with Crippen molar-refractivity contribution in [1.29, 1.82) is 0 Å². The maximum Gasteiger partial charge on any atom is 0.315 e. The van der Waals surface area contributed by atoms with Gasteiger partial charge >= 0.3 is 6.03 Å². The Labute approximate surface area is 252 Å². The minimum Gasteiger partial charge on any atom is -0.363 e. The first kappa shape index (κ1) is 34.0. The Morgan fingerprint density at radius 2 is 1.60 bits per heavy atom. The number of hydrogen-bond acceptors (Lipinski definition) is 6. The van der Waals surface area contributed by atoms with Crippen LogP contribution in [0.5, 0.6) is 0 Å². The number of nitrogens with two attached hydrogens (primary N) is 1. The summed E-state index contributed by atoms with van der Waals surface area (Å²) in [6, 6.07) is -3.25. The molecule has 3 rings (SSSR count). The largest absolute Gasteiger partial charge is 0.363 e. The number of nitrogens with zero attached hydrogens (tertiary/aromatic N) is 1. The number of primary amides is 1. The highest BCUT2D eigenvalue weighted by Crippen LogP contribution is 2.32. The standard InChI is InChI=1S/C30H51N5O6S/c1-19(2)42(41)18-30(14-7-6-8-15-30)34-28(40)33-24(29(3,4)5)27(39)35-16-10-13-22(35)26(38)32-21(23(36)25(31)37)17-20-11-9-12-20/h19-22,24H,6-18H2,1-5H3,(H2,31,37)(H,32,38)(H2,33,34,40)/t21?,22-,24?,42?/m0/s1. The number of likely N-dealkylation sites (tertiary alicyclic amines) is 1. The summed E-state index contributed by atoms with van der Waals surface area (Å²) in [5, 5.41) is 8.69. The fourth-order valence-corrected chi connectivity index (χ4v) is 7.47. The zero-order chi connectivity index (χ0) is 31.2. The van der Waals surface area contributed by atoms with Gasteiger partial charge in [0.05, 0.1) is 11.6 Å². The van der Waals surface area contributed by atoms with Crippen LogP contribution in [0.15, 0.2) is 0 Å². The van der Waals surface area contributed by atoms with Crippen LogP contribution in [-0.2, 0) is 30.0 Å². The van der Waals surface area contributed by atoms with E-state index in [0.717, 1.165) is 51.4 Å². The van der Waals surface area contributed by atoms with Crippen molar-refractivity contribution >= 4 is 40.3 Å². The van der Waals surface area contributed by atoms with Crippen LogP contribution in [0.4, 0.5) is 4.79 Å². The molecule has 0 bridgehead atoms.